The summed E-state index contributed by atoms with van der Waals surface area (Å²) >= 11 is 0. The van der Waals surface area contributed by atoms with E-state index in [4.69, 9.17) is 28.4 Å². The molecule has 0 aliphatic carbocycles. The lowest BCUT2D eigenvalue weighted by atomic mass is 9.96. The fraction of sp³-hybridized carbons (Fsp3) is 0.861. The molecule has 0 spiro atoms. The van der Waals surface area contributed by atoms with E-state index in [1.807, 2.05) is 6.08 Å². The molecule has 1 amide bonds. The van der Waals surface area contributed by atoms with Crippen LogP contribution in [0.4, 0.5) is 0 Å². The largest absolute Gasteiger partial charge is 0.394 e. The second-order valence-electron chi connectivity index (χ2n) is 28.2. The normalized spacial score (nSPS) is 27.1. The molecule has 17 unspecified atom stereocenters. The van der Waals surface area contributed by atoms with Gasteiger partial charge in [0.2, 0.25) is 5.91 Å². The van der Waals surface area contributed by atoms with Crippen LogP contribution in [0.3, 0.4) is 0 Å². The summed E-state index contributed by atoms with van der Waals surface area (Å²) in [5.41, 5.74) is 0. The van der Waals surface area contributed by atoms with E-state index in [1.165, 1.54) is 205 Å². The molecule has 3 heterocycles. The number of aliphatic hydroxyl groups excluding tert-OH is 11. The minimum atomic E-state index is -1.98. The molecule has 0 aromatic heterocycles. The summed E-state index contributed by atoms with van der Waals surface area (Å²) in [5.74, 6) is -0.288. The van der Waals surface area contributed by atoms with E-state index in [2.05, 4.69) is 67.8 Å². The molecule has 3 saturated heterocycles. The molecule has 0 saturated carbocycles. The number of carbonyl (C=O) groups excluding carboxylic acids is 1. The van der Waals surface area contributed by atoms with E-state index in [1.54, 1.807) is 6.08 Å². The Kier molecular flexibility index (Phi) is 54.8. The van der Waals surface area contributed by atoms with Crippen LogP contribution in [-0.4, -0.2) is 193 Å². The first-order valence-corrected chi connectivity index (χ1v) is 39.5. The Morgan fingerprint density at radius 1 is 0.367 bits per heavy atom. The van der Waals surface area contributed by atoms with Crippen LogP contribution in [0.1, 0.15) is 303 Å². The van der Waals surface area contributed by atoms with Crippen molar-refractivity contribution in [1.29, 1.82) is 0 Å². The number of carbonyl (C=O) groups is 1. The van der Waals surface area contributed by atoms with Crippen LogP contribution in [0.5, 0.6) is 0 Å². The van der Waals surface area contributed by atoms with Crippen molar-refractivity contribution in [2.45, 2.75) is 407 Å². The lowest BCUT2D eigenvalue weighted by Crippen LogP contribution is -2.66. The van der Waals surface area contributed by atoms with Gasteiger partial charge in [0, 0.05) is 6.42 Å². The van der Waals surface area contributed by atoms with Gasteiger partial charge in [-0.05, 0) is 70.6 Å². The standard InChI is InChI=1S/C79H143NO18/c1-3-5-7-9-11-13-15-17-19-21-23-25-27-29-30-31-33-34-36-38-40-42-44-46-48-50-52-54-56-63(84)62(80-67(85)57-55-53-51-49-47-45-43-41-39-37-35-32-28-26-24-22-20-18-16-14-12-10-8-6-4-2)61-93-77-73(91)70(88)75(65(59-82)95-77)98-79-74(92)71(89)76(66(60-83)96-79)97-78-72(90)69(87)68(86)64(58-81)94-78/h16,18,22,24,28,32,46,48,54,56,62-66,68-79,81-84,86-92H,3-15,17,19-21,23,25-27,29-31,33-45,47,49-53,55,57-61H2,1-2H3,(H,80,85)/b18-16-,24-22-,32-28-,48-46+,56-54+. The molecule has 0 aromatic carbocycles. The molecular weight excluding hydrogens is 1250 g/mol. The predicted molar refractivity (Wildman–Crippen MR) is 388 cm³/mol. The highest BCUT2D eigenvalue weighted by atomic mass is 16.8. The minimum Gasteiger partial charge on any atom is -0.394 e. The van der Waals surface area contributed by atoms with E-state index in [-0.39, 0.29) is 18.9 Å². The summed E-state index contributed by atoms with van der Waals surface area (Å²) in [6, 6.07) is -0.996. The third-order valence-electron chi connectivity index (χ3n) is 19.5. The Bertz CT molecular complexity index is 2010. The number of amides is 1. The van der Waals surface area contributed by atoms with Crippen molar-refractivity contribution in [3.8, 4) is 0 Å². The first kappa shape index (κ1) is 89.7. The molecule has 3 aliphatic heterocycles. The van der Waals surface area contributed by atoms with Crippen LogP contribution in [0.25, 0.3) is 0 Å². The van der Waals surface area contributed by atoms with E-state index in [0.717, 1.165) is 64.2 Å². The van der Waals surface area contributed by atoms with Crippen molar-refractivity contribution in [2.24, 2.45) is 0 Å². The molecule has 12 N–H and O–H groups in total. The SMILES string of the molecule is CCCCCCC/C=C\C/C=C\C/C=C\CCCCCCCCCCCCC(=O)NC(COC1OC(CO)C(OC2OC(CO)C(OC3OC(CO)C(O)C(O)C3O)C(O)C2O)C(O)C1O)C(O)/C=C/CC/C=C/CCCCCCCCCCCCCCCCCCCCCCCC. The van der Waals surface area contributed by atoms with Crippen LogP contribution in [0.15, 0.2) is 60.8 Å². The molecule has 0 bridgehead atoms. The van der Waals surface area contributed by atoms with Gasteiger partial charge in [-0.2, -0.15) is 0 Å². The molecule has 19 heteroatoms. The molecule has 98 heavy (non-hydrogen) atoms. The highest BCUT2D eigenvalue weighted by molar-refractivity contribution is 5.76. The van der Waals surface area contributed by atoms with Crippen LogP contribution >= 0.6 is 0 Å². The highest BCUT2D eigenvalue weighted by Gasteiger charge is 2.53. The van der Waals surface area contributed by atoms with Crippen LogP contribution < -0.4 is 5.32 Å². The lowest BCUT2D eigenvalue weighted by Gasteiger charge is -2.48. The van der Waals surface area contributed by atoms with Gasteiger partial charge in [0.1, 0.15) is 73.2 Å². The number of nitrogens with one attached hydrogen (secondary N) is 1. The average molecular weight is 1400 g/mol. The van der Waals surface area contributed by atoms with Crippen molar-refractivity contribution in [3.05, 3.63) is 60.8 Å². The Hall–Kier alpha value is -2.51. The minimum absolute atomic E-state index is 0.229. The van der Waals surface area contributed by atoms with Crippen LogP contribution in [0, 0.1) is 0 Å². The zero-order valence-electron chi connectivity index (χ0n) is 61.0. The quantitative estimate of drug-likeness (QED) is 0.0199. The summed E-state index contributed by atoms with van der Waals surface area (Å²) in [6.45, 7) is 1.74. The molecule has 0 aromatic rings. The Labute approximate surface area is 592 Å². The summed E-state index contributed by atoms with van der Waals surface area (Å²) in [7, 11) is 0. The zero-order chi connectivity index (χ0) is 71.1. The lowest BCUT2D eigenvalue weighted by molar-refractivity contribution is -0.379. The van der Waals surface area contributed by atoms with Gasteiger partial charge in [0.25, 0.3) is 0 Å². The number of allylic oxidation sites excluding steroid dienone is 9. The van der Waals surface area contributed by atoms with E-state index >= 15 is 0 Å². The van der Waals surface area contributed by atoms with E-state index < -0.39 is 124 Å². The Balaban J connectivity index is 1.41. The maximum atomic E-state index is 13.5. The highest BCUT2D eigenvalue weighted by Crippen LogP contribution is 2.33. The Morgan fingerprint density at radius 2 is 0.684 bits per heavy atom. The van der Waals surface area contributed by atoms with Crippen molar-refractivity contribution in [2.75, 3.05) is 26.4 Å². The third kappa shape index (κ3) is 39.9. The first-order valence-electron chi connectivity index (χ1n) is 39.5. The van der Waals surface area contributed by atoms with E-state index in [9.17, 15) is 61.0 Å². The van der Waals surface area contributed by atoms with Gasteiger partial charge in [-0.15, -0.1) is 0 Å². The van der Waals surface area contributed by atoms with Crippen LogP contribution in [-0.2, 0) is 33.2 Å². The second kappa shape index (κ2) is 59.8. The molecule has 19 nitrogen and oxygen atoms in total. The van der Waals surface area contributed by atoms with Gasteiger partial charge in [0.05, 0.1) is 38.6 Å². The van der Waals surface area contributed by atoms with Gasteiger partial charge in [-0.1, -0.05) is 286 Å². The van der Waals surface area contributed by atoms with Crippen molar-refractivity contribution in [3.63, 3.8) is 0 Å². The molecular formula is C79H143NO18. The van der Waals surface area contributed by atoms with Gasteiger partial charge in [0.15, 0.2) is 18.9 Å². The first-order chi connectivity index (χ1) is 47.8. The van der Waals surface area contributed by atoms with Gasteiger partial charge in [-0.3, -0.25) is 4.79 Å². The number of hydrogen-bond donors (Lipinski definition) is 12. The molecule has 17 atom stereocenters. The van der Waals surface area contributed by atoms with Crippen molar-refractivity contribution >= 4 is 5.91 Å². The number of ether oxygens (including phenoxy) is 6. The number of hydrogen-bond acceptors (Lipinski definition) is 18. The average Bonchev–Trinajstić information content (AvgIpc) is 0.784. The third-order valence-corrected chi connectivity index (χ3v) is 19.5. The second-order valence-corrected chi connectivity index (χ2v) is 28.2. The fourth-order valence-corrected chi connectivity index (χ4v) is 13.2. The Morgan fingerprint density at radius 3 is 1.09 bits per heavy atom. The summed E-state index contributed by atoms with van der Waals surface area (Å²) in [4.78, 5) is 13.5. The van der Waals surface area contributed by atoms with Gasteiger partial charge < -0.3 is 89.9 Å². The topological polar surface area (TPSA) is 307 Å². The maximum absolute atomic E-state index is 13.5. The maximum Gasteiger partial charge on any atom is 0.220 e. The monoisotopic (exact) mass is 1390 g/mol. The summed E-state index contributed by atoms with van der Waals surface area (Å²) in [6.07, 6.45) is 49.2. The molecule has 3 fully saturated rings. The zero-order valence-corrected chi connectivity index (χ0v) is 61.0. The van der Waals surface area contributed by atoms with Gasteiger partial charge >= 0.3 is 0 Å². The van der Waals surface area contributed by atoms with Crippen molar-refractivity contribution < 1.29 is 89.4 Å². The van der Waals surface area contributed by atoms with Crippen LogP contribution in [0.2, 0.25) is 0 Å². The van der Waals surface area contributed by atoms with Gasteiger partial charge in [-0.25, -0.2) is 0 Å². The van der Waals surface area contributed by atoms with E-state index in [0.29, 0.717) is 12.8 Å². The predicted octanol–water partition coefficient (Wildman–Crippen LogP) is 12.7. The molecule has 3 aliphatic rings. The van der Waals surface area contributed by atoms with Crippen molar-refractivity contribution in [1.82, 2.24) is 5.32 Å². The molecule has 572 valence electrons. The smallest absolute Gasteiger partial charge is 0.220 e. The summed E-state index contributed by atoms with van der Waals surface area (Å²) in [5, 5.41) is 121. The number of aliphatic hydroxyl groups is 11. The molecule has 0 radical (unpaired) electrons. The number of unbranched alkanes of at least 4 members (excludes halogenated alkanes) is 38. The summed E-state index contributed by atoms with van der Waals surface area (Å²) < 4.78 is 34.4. The fourth-order valence-electron chi connectivity index (χ4n) is 13.2. The number of rotatable bonds is 62. The molecule has 3 rings (SSSR count).